The average molecular weight is 242 g/mol. The van der Waals surface area contributed by atoms with Crippen LogP contribution in [-0.2, 0) is 0 Å². The molecule has 2 rings (SSSR count). The van der Waals surface area contributed by atoms with E-state index in [9.17, 15) is 0 Å². The summed E-state index contributed by atoms with van der Waals surface area (Å²) < 4.78 is 0.812. The molecule has 14 heavy (non-hydrogen) atoms. The monoisotopic (exact) mass is 241 g/mol. The van der Waals surface area contributed by atoms with Gasteiger partial charge in [-0.2, -0.15) is 0 Å². The molecule has 0 bridgehead atoms. The van der Waals surface area contributed by atoms with E-state index in [1.165, 1.54) is 4.88 Å². The topological polar surface area (TPSA) is 15.8 Å². The van der Waals surface area contributed by atoms with Crippen molar-refractivity contribution in [1.29, 1.82) is 0 Å². The number of hydrogen-bond acceptors (Lipinski definition) is 2. The molecule has 0 atom stereocenters. The molecule has 0 aliphatic carbocycles. The Kier molecular flexibility index (Phi) is 2.72. The minimum atomic E-state index is 0.755. The summed E-state index contributed by atoms with van der Waals surface area (Å²) in [7, 11) is 0. The normalized spacial score (nSPS) is 10.4. The minimum absolute atomic E-state index is 0.755. The van der Waals surface area contributed by atoms with Crippen molar-refractivity contribution in [3.63, 3.8) is 0 Å². The quantitative estimate of drug-likeness (QED) is 0.730. The van der Waals surface area contributed by atoms with Gasteiger partial charge in [-0.1, -0.05) is 23.7 Å². The molecule has 0 unspecified atom stereocenters. The van der Waals surface area contributed by atoms with Crippen molar-refractivity contribution >= 4 is 35.2 Å². The zero-order valence-corrected chi connectivity index (χ0v) is 9.89. The van der Waals surface area contributed by atoms with Crippen molar-refractivity contribution in [1.82, 2.24) is 4.98 Å². The summed E-state index contributed by atoms with van der Waals surface area (Å²) in [6.45, 7) is 2.02. The first-order valence-corrected chi connectivity index (χ1v) is 5.73. The molecule has 0 fully saturated rings. The number of benzene rings is 1. The second kappa shape index (κ2) is 3.85. The number of halogens is 1. The highest BCUT2D eigenvalue weighted by Gasteiger charge is 2.04. The molecule has 0 saturated carbocycles. The lowest BCUT2D eigenvalue weighted by Gasteiger charge is -1.98. The minimum Gasteiger partial charge on any atom is -0.341 e. The number of hydrogen-bond donors (Lipinski definition) is 1. The van der Waals surface area contributed by atoms with E-state index >= 15 is 0 Å². The number of H-pyrrole nitrogens is 1. The first-order valence-electron chi connectivity index (χ1n) is 4.12. The fourth-order valence-electron chi connectivity index (χ4n) is 1.28. The highest BCUT2D eigenvalue weighted by molar-refractivity contribution is 7.73. The van der Waals surface area contributed by atoms with Crippen molar-refractivity contribution in [3.8, 4) is 10.4 Å². The zero-order valence-electron chi connectivity index (χ0n) is 7.50. The molecule has 1 aromatic carbocycles. The van der Waals surface area contributed by atoms with Gasteiger partial charge in [-0.05, 0) is 36.8 Å². The van der Waals surface area contributed by atoms with Gasteiger partial charge in [0.05, 0.1) is 4.88 Å². The molecule has 4 heteroatoms. The lowest BCUT2D eigenvalue weighted by atomic mass is 10.2. The van der Waals surface area contributed by atoms with E-state index in [1.807, 2.05) is 31.2 Å². The molecule has 0 radical (unpaired) electrons. The summed E-state index contributed by atoms with van der Waals surface area (Å²) in [5.74, 6) is 0. The van der Waals surface area contributed by atoms with Crippen LogP contribution in [-0.4, -0.2) is 4.98 Å². The van der Waals surface area contributed by atoms with Crippen LogP contribution in [0.25, 0.3) is 10.4 Å². The van der Waals surface area contributed by atoms with Crippen LogP contribution in [0.1, 0.15) is 5.69 Å². The Hall–Kier alpha value is -0.640. The SMILES string of the molecule is Cc1[nH]c(=S)sc1-c1ccc(Cl)cc1. The molecule has 1 aromatic heterocycles. The molecular formula is C10H8ClNS2. The molecule has 0 aliphatic rings. The highest BCUT2D eigenvalue weighted by Crippen LogP contribution is 2.28. The Morgan fingerprint density at radius 2 is 1.93 bits per heavy atom. The van der Waals surface area contributed by atoms with Crippen LogP contribution in [0.5, 0.6) is 0 Å². The van der Waals surface area contributed by atoms with Crippen LogP contribution in [0.15, 0.2) is 24.3 Å². The molecule has 0 amide bonds. The van der Waals surface area contributed by atoms with Gasteiger partial charge in [0.1, 0.15) is 0 Å². The maximum Gasteiger partial charge on any atom is 0.159 e. The molecule has 2 aromatic rings. The molecule has 1 N–H and O–H groups in total. The van der Waals surface area contributed by atoms with Gasteiger partial charge in [0.15, 0.2) is 3.95 Å². The van der Waals surface area contributed by atoms with Gasteiger partial charge in [0, 0.05) is 10.7 Å². The van der Waals surface area contributed by atoms with Gasteiger partial charge in [0.25, 0.3) is 0 Å². The summed E-state index contributed by atoms with van der Waals surface area (Å²) in [6, 6.07) is 7.78. The number of nitrogens with one attached hydrogen (secondary N) is 1. The van der Waals surface area contributed by atoms with E-state index in [0.717, 1.165) is 20.2 Å². The molecule has 72 valence electrons. The lowest BCUT2D eigenvalue weighted by molar-refractivity contribution is 1.25. The third-order valence-electron chi connectivity index (χ3n) is 1.93. The number of aryl methyl sites for hydroxylation is 1. The van der Waals surface area contributed by atoms with Crippen molar-refractivity contribution < 1.29 is 0 Å². The smallest absolute Gasteiger partial charge is 0.159 e. The standard InChI is InChI=1S/C10H8ClNS2/c1-6-9(14-10(13)12-6)7-2-4-8(11)5-3-7/h2-5H,1H3,(H,12,13). The average Bonchev–Trinajstić information content (AvgIpc) is 2.47. The third-order valence-corrected chi connectivity index (χ3v) is 3.57. The molecule has 0 spiro atoms. The summed E-state index contributed by atoms with van der Waals surface area (Å²) in [5.41, 5.74) is 2.27. The summed E-state index contributed by atoms with van der Waals surface area (Å²) in [4.78, 5) is 4.31. The molecule has 1 heterocycles. The third kappa shape index (κ3) is 1.90. The van der Waals surface area contributed by atoms with E-state index in [2.05, 4.69) is 4.98 Å². The first kappa shape index (κ1) is 9.90. The Morgan fingerprint density at radius 1 is 1.29 bits per heavy atom. The van der Waals surface area contributed by atoms with E-state index in [0.29, 0.717) is 0 Å². The van der Waals surface area contributed by atoms with Gasteiger partial charge in [-0.25, -0.2) is 0 Å². The second-order valence-electron chi connectivity index (χ2n) is 2.98. The summed E-state index contributed by atoms with van der Waals surface area (Å²) in [6.07, 6.45) is 0. The lowest BCUT2D eigenvalue weighted by Crippen LogP contribution is -1.76. The van der Waals surface area contributed by atoms with E-state index in [-0.39, 0.29) is 0 Å². The number of rotatable bonds is 1. The maximum atomic E-state index is 5.82. The van der Waals surface area contributed by atoms with Crippen molar-refractivity contribution in [2.45, 2.75) is 6.92 Å². The van der Waals surface area contributed by atoms with Crippen LogP contribution in [0, 0.1) is 10.9 Å². The van der Waals surface area contributed by atoms with E-state index in [4.69, 9.17) is 23.8 Å². The fourth-order valence-corrected chi connectivity index (χ4v) is 2.66. The Balaban J connectivity index is 2.54. The maximum absolute atomic E-state index is 5.82. The Morgan fingerprint density at radius 3 is 2.43 bits per heavy atom. The highest BCUT2D eigenvalue weighted by atomic mass is 35.5. The fraction of sp³-hybridized carbons (Fsp3) is 0.100. The molecule has 0 saturated heterocycles. The van der Waals surface area contributed by atoms with Crippen LogP contribution in [0.4, 0.5) is 0 Å². The second-order valence-corrected chi connectivity index (χ2v) is 5.10. The largest absolute Gasteiger partial charge is 0.341 e. The van der Waals surface area contributed by atoms with Crippen LogP contribution in [0.2, 0.25) is 5.02 Å². The number of thiazole rings is 1. The molecule has 1 nitrogen and oxygen atoms in total. The van der Waals surface area contributed by atoms with E-state index < -0.39 is 0 Å². The van der Waals surface area contributed by atoms with Gasteiger partial charge >= 0.3 is 0 Å². The summed E-state index contributed by atoms with van der Waals surface area (Å²) >= 11 is 12.5. The Labute approximate surface area is 96.4 Å². The van der Waals surface area contributed by atoms with Crippen molar-refractivity contribution in [3.05, 3.63) is 38.9 Å². The van der Waals surface area contributed by atoms with Crippen LogP contribution in [0.3, 0.4) is 0 Å². The summed E-state index contributed by atoms with van der Waals surface area (Å²) in [5, 5.41) is 0.755. The van der Waals surface area contributed by atoms with Crippen LogP contribution < -0.4 is 0 Å². The number of aromatic amines is 1. The van der Waals surface area contributed by atoms with E-state index in [1.54, 1.807) is 11.3 Å². The van der Waals surface area contributed by atoms with Gasteiger partial charge < -0.3 is 4.98 Å². The molecule has 0 aliphatic heterocycles. The van der Waals surface area contributed by atoms with Gasteiger partial charge in [-0.3, -0.25) is 0 Å². The first-order chi connectivity index (χ1) is 6.66. The van der Waals surface area contributed by atoms with Gasteiger partial charge in [0.2, 0.25) is 0 Å². The number of aromatic nitrogens is 1. The van der Waals surface area contributed by atoms with Gasteiger partial charge in [-0.15, -0.1) is 11.3 Å². The zero-order chi connectivity index (χ0) is 10.1. The predicted octanol–water partition coefficient (Wildman–Crippen LogP) is 4.43. The van der Waals surface area contributed by atoms with Crippen molar-refractivity contribution in [2.75, 3.05) is 0 Å². The predicted molar refractivity (Wildman–Crippen MR) is 64.7 cm³/mol. The van der Waals surface area contributed by atoms with Crippen LogP contribution >= 0.6 is 35.2 Å². The Bertz CT molecular complexity index is 496. The molecular weight excluding hydrogens is 234 g/mol. The van der Waals surface area contributed by atoms with Crippen molar-refractivity contribution in [2.24, 2.45) is 0 Å².